The van der Waals surface area contributed by atoms with Crippen LogP contribution in [-0.4, -0.2) is 34.3 Å². The molecule has 1 unspecified atom stereocenters. The van der Waals surface area contributed by atoms with Crippen LogP contribution < -0.4 is 10.2 Å². The van der Waals surface area contributed by atoms with Gasteiger partial charge in [-0.1, -0.05) is 23.3 Å². The van der Waals surface area contributed by atoms with Crippen molar-refractivity contribution in [2.24, 2.45) is 0 Å². The van der Waals surface area contributed by atoms with Gasteiger partial charge in [0, 0.05) is 23.5 Å². The minimum Gasteiger partial charge on any atom is -0.407 e. The second-order valence-corrected chi connectivity index (χ2v) is 7.53. The van der Waals surface area contributed by atoms with Crippen LogP contribution in [0.25, 0.3) is 0 Å². The fourth-order valence-corrected chi connectivity index (χ4v) is 3.71. The molecule has 1 aliphatic heterocycles. The summed E-state index contributed by atoms with van der Waals surface area (Å²) in [4.78, 5) is 26.9. The number of carbonyl (C=O) groups excluding carboxylic acids is 2. The van der Waals surface area contributed by atoms with Crippen LogP contribution in [0, 0.1) is 5.82 Å². The first kappa shape index (κ1) is 19.1. The lowest BCUT2D eigenvalue weighted by Gasteiger charge is -2.15. The minimum absolute atomic E-state index is 0.00434. The normalized spacial score (nSPS) is 16.2. The summed E-state index contributed by atoms with van der Waals surface area (Å²) >= 11 is 1.27. The maximum absolute atomic E-state index is 12.9. The van der Waals surface area contributed by atoms with Crippen molar-refractivity contribution in [3.63, 3.8) is 0 Å². The molecule has 0 radical (unpaired) electrons. The van der Waals surface area contributed by atoms with E-state index in [1.165, 1.54) is 23.9 Å². The Hall–Kier alpha value is -3.20. The highest BCUT2D eigenvalue weighted by Gasteiger charge is 2.35. The average Bonchev–Trinajstić information content (AvgIpc) is 3.35. The van der Waals surface area contributed by atoms with E-state index >= 15 is 0 Å². The molecule has 2 heterocycles. The predicted molar refractivity (Wildman–Crippen MR) is 106 cm³/mol. The van der Waals surface area contributed by atoms with Crippen LogP contribution in [0.2, 0.25) is 0 Å². The van der Waals surface area contributed by atoms with Crippen molar-refractivity contribution in [1.82, 2.24) is 10.2 Å². The molecule has 1 fully saturated rings. The second kappa shape index (κ2) is 8.44. The van der Waals surface area contributed by atoms with E-state index in [1.807, 2.05) is 30.3 Å². The molecule has 9 heteroatoms. The zero-order valence-electron chi connectivity index (χ0n) is 15.2. The van der Waals surface area contributed by atoms with Crippen molar-refractivity contribution >= 4 is 35.3 Å². The molecule has 7 nitrogen and oxygen atoms in total. The van der Waals surface area contributed by atoms with Crippen LogP contribution in [0.4, 0.5) is 16.1 Å². The van der Waals surface area contributed by atoms with Gasteiger partial charge in [0.2, 0.25) is 17.7 Å². The van der Waals surface area contributed by atoms with Gasteiger partial charge < -0.3 is 9.32 Å². The second-order valence-electron chi connectivity index (χ2n) is 6.48. The van der Waals surface area contributed by atoms with Gasteiger partial charge in [-0.25, -0.2) is 4.39 Å². The van der Waals surface area contributed by atoms with E-state index in [-0.39, 0.29) is 41.7 Å². The van der Waals surface area contributed by atoms with Crippen molar-refractivity contribution in [3.05, 3.63) is 66.3 Å². The monoisotopic (exact) mass is 412 g/mol. The standard InChI is InChI=1S/C20H17FN4O3S/c21-14-6-8-16(9-7-14)29-12-17(26)22-20-24-23-19(28-20)13-10-18(27)25(11-13)15-4-2-1-3-5-15/h1-9,13H,10-12H2,(H,22,24,26). The first-order chi connectivity index (χ1) is 14.1. The van der Waals surface area contributed by atoms with Gasteiger partial charge >= 0.3 is 6.01 Å². The number of hydrogen-bond acceptors (Lipinski definition) is 6. The summed E-state index contributed by atoms with van der Waals surface area (Å²) in [5.74, 6) is -0.447. The number of anilines is 2. The van der Waals surface area contributed by atoms with Gasteiger partial charge in [-0.3, -0.25) is 14.9 Å². The summed E-state index contributed by atoms with van der Waals surface area (Å²) < 4.78 is 18.5. The maximum Gasteiger partial charge on any atom is 0.322 e. The number of halogens is 1. The van der Waals surface area contributed by atoms with E-state index in [2.05, 4.69) is 15.5 Å². The van der Waals surface area contributed by atoms with Crippen LogP contribution in [-0.2, 0) is 9.59 Å². The number of benzene rings is 2. The SMILES string of the molecule is O=C(CSc1ccc(F)cc1)Nc1nnc(C2CC(=O)N(c3ccccc3)C2)o1. The summed E-state index contributed by atoms with van der Waals surface area (Å²) in [6.45, 7) is 0.443. The molecule has 0 spiro atoms. The van der Waals surface area contributed by atoms with Gasteiger partial charge in [-0.15, -0.1) is 16.9 Å². The Bertz CT molecular complexity index is 1010. The van der Waals surface area contributed by atoms with Crippen LogP contribution >= 0.6 is 11.8 Å². The van der Waals surface area contributed by atoms with Gasteiger partial charge in [0.05, 0.1) is 11.7 Å². The molecule has 1 N–H and O–H groups in total. The van der Waals surface area contributed by atoms with Crippen molar-refractivity contribution in [1.29, 1.82) is 0 Å². The number of para-hydroxylation sites is 1. The third-order valence-corrected chi connectivity index (χ3v) is 5.42. The van der Waals surface area contributed by atoms with E-state index < -0.39 is 0 Å². The van der Waals surface area contributed by atoms with Crippen LogP contribution in [0.15, 0.2) is 63.9 Å². The van der Waals surface area contributed by atoms with E-state index in [0.29, 0.717) is 12.4 Å². The molecule has 3 aromatic rings. The third-order valence-electron chi connectivity index (χ3n) is 4.41. The number of thioether (sulfide) groups is 1. The number of amides is 2. The van der Waals surface area contributed by atoms with Gasteiger partial charge in [0.1, 0.15) is 5.82 Å². The van der Waals surface area contributed by atoms with E-state index in [0.717, 1.165) is 10.6 Å². The van der Waals surface area contributed by atoms with Crippen molar-refractivity contribution in [2.75, 3.05) is 22.5 Å². The Morgan fingerprint density at radius 2 is 1.93 bits per heavy atom. The number of nitrogens with zero attached hydrogens (tertiary/aromatic N) is 3. The summed E-state index contributed by atoms with van der Waals surface area (Å²) in [7, 11) is 0. The fourth-order valence-electron chi connectivity index (χ4n) is 3.02. The Kier molecular flexibility index (Phi) is 5.57. The number of aromatic nitrogens is 2. The lowest BCUT2D eigenvalue weighted by molar-refractivity contribution is -0.117. The lowest BCUT2D eigenvalue weighted by Crippen LogP contribution is -2.24. The smallest absolute Gasteiger partial charge is 0.322 e. The summed E-state index contributed by atoms with van der Waals surface area (Å²) in [5, 5.41) is 10.4. The molecular weight excluding hydrogens is 395 g/mol. The van der Waals surface area contributed by atoms with E-state index in [4.69, 9.17) is 4.42 Å². The molecule has 2 amide bonds. The third kappa shape index (κ3) is 4.62. The highest BCUT2D eigenvalue weighted by Crippen LogP contribution is 2.31. The number of carbonyl (C=O) groups is 2. The molecule has 0 bridgehead atoms. The van der Waals surface area contributed by atoms with Crippen LogP contribution in [0.3, 0.4) is 0 Å². The summed E-state index contributed by atoms with van der Waals surface area (Å²) in [6, 6.07) is 15.3. The van der Waals surface area contributed by atoms with Crippen LogP contribution in [0.1, 0.15) is 18.2 Å². The molecule has 2 aromatic carbocycles. The molecule has 1 saturated heterocycles. The summed E-state index contributed by atoms with van der Waals surface area (Å²) in [5.41, 5.74) is 0.825. The summed E-state index contributed by atoms with van der Waals surface area (Å²) in [6.07, 6.45) is 0.269. The number of nitrogens with one attached hydrogen (secondary N) is 1. The Balaban J connectivity index is 1.33. The van der Waals surface area contributed by atoms with Crippen molar-refractivity contribution < 1.29 is 18.4 Å². The first-order valence-electron chi connectivity index (χ1n) is 8.95. The predicted octanol–water partition coefficient (Wildman–Crippen LogP) is 3.46. The lowest BCUT2D eigenvalue weighted by atomic mass is 10.1. The molecule has 1 aromatic heterocycles. The highest BCUT2D eigenvalue weighted by atomic mass is 32.2. The Labute approximate surface area is 170 Å². The van der Waals surface area contributed by atoms with Gasteiger partial charge in [0.25, 0.3) is 0 Å². The number of hydrogen-bond donors (Lipinski definition) is 1. The zero-order valence-corrected chi connectivity index (χ0v) is 16.1. The fraction of sp³-hybridized carbons (Fsp3) is 0.200. The molecule has 1 aliphatic rings. The van der Waals surface area contributed by atoms with Gasteiger partial charge in [0.15, 0.2) is 0 Å². The van der Waals surface area contributed by atoms with Crippen molar-refractivity contribution in [3.8, 4) is 0 Å². The van der Waals surface area contributed by atoms with E-state index in [1.54, 1.807) is 17.0 Å². The molecule has 0 saturated carbocycles. The molecule has 4 rings (SSSR count). The molecular formula is C20H17FN4O3S. The Morgan fingerprint density at radius 1 is 1.17 bits per heavy atom. The number of rotatable bonds is 6. The average molecular weight is 412 g/mol. The topological polar surface area (TPSA) is 88.3 Å². The largest absolute Gasteiger partial charge is 0.407 e. The minimum atomic E-state index is -0.326. The first-order valence-corrected chi connectivity index (χ1v) is 9.94. The van der Waals surface area contributed by atoms with Crippen LogP contribution in [0.5, 0.6) is 0 Å². The molecule has 29 heavy (non-hydrogen) atoms. The quantitative estimate of drug-likeness (QED) is 0.624. The van der Waals surface area contributed by atoms with Gasteiger partial charge in [-0.2, -0.15) is 0 Å². The molecule has 148 valence electrons. The Morgan fingerprint density at radius 3 is 2.69 bits per heavy atom. The van der Waals surface area contributed by atoms with Gasteiger partial charge in [-0.05, 0) is 36.4 Å². The molecule has 1 atom stereocenters. The van der Waals surface area contributed by atoms with E-state index in [9.17, 15) is 14.0 Å². The highest BCUT2D eigenvalue weighted by molar-refractivity contribution is 8.00. The maximum atomic E-state index is 12.9. The van der Waals surface area contributed by atoms with Crippen molar-refractivity contribution in [2.45, 2.75) is 17.2 Å². The zero-order chi connectivity index (χ0) is 20.2. The molecule has 0 aliphatic carbocycles.